The quantitative estimate of drug-likeness (QED) is 0.371. The normalized spacial score (nSPS) is 11.7. The van der Waals surface area contributed by atoms with Gasteiger partial charge in [0, 0.05) is 23.6 Å². The Bertz CT molecular complexity index is 1400. The molecule has 2 heterocycles. The molecular weight excluding hydrogens is 470 g/mol. The van der Waals surface area contributed by atoms with Crippen molar-refractivity contribution in [3.05, 3.63) is 88.2 Å². The van der Waals surface area contributed by atoms with Gasteiger partial charge in [0.2, 0.25) is 10.0 Å². The van der Waals surface area contributed by atoms with Crippen LogP contribution in [0.15, 0.2) is 69.5 Å². The van der Waals surface area contributed by atoms with Crippen LogP contribution in [0.5, 0.6) is 0 Å². The van der Waals surface area contributed by atoms with Gasteiger partial charge in [0.1, 0.15) is 5.76 Å². The molecule has 0 atom stereocenters. The Morgan fingerprint density at radius 1 is 1.09 bits per heavy atom. The van der Waals surface area contributed by atoms with E-state index < -0.39 is 10.0 Å². The Balaban J connectivity index is 1.47. The van der Waals surface area contributed by atoms with Gasteiger partial charge in [0.25, 0.3) is 5.91 Å². The van der Waals surface area contributed by atoms with Gasteiger partial charge in [-0.3, -0.25) is 10.1 Å². The van der Waals surface area contributed by atoms with Gasteiger partial charge in [-0.1, -0.05) is 17.7 Å². The Hall–Kier alpha value is -3.27. The minimum atomic E-state index is -3.72. The number of carbonyl (C=O) groups excluding carboxylic acids is 1. The second kappa shape index (κ2) is 9.54. The third-order valence-corrected chi connectivity index (χ3v) is 8.02. The van der Waals surface area contributed by atoms with Gasteiger partial charge in [-0.05, 0) is 68.3 Å². The first-order valence-electron chi connectivity index (χ1n) is 10.6. The summed E-state index contributed by atoms with van der Waals surface area (Å²) < 4.78 is 32.1. The number of rotatable bonds is 7. The van der Waals surface area contributed by atoms with E-state index in [0.29, 0.717) is 16.5 Å². The van der Waals surface area contributed by atoms with Crippen molar-refractivity contribution in [3.63, 3.8) is 0 Å². The molecule has 1 amide bonds. The minimum absolute atomic E-state index is 0.0972. The number of nitrogens with zero attached hydrogens (tertiary/aromatic N) is 2. The lowest BCUT2D eigenvalue weighted by atomic mass is 9.98. The molecule has 1 N–H and O–H groups in total. The van der Waals surface area contributed by atoms with Crippen LogP contribution in [0.1, 0.15) is 32.8 Å². The topological polar surface area (TPSA) is 92.5 Å². The molecule has 0 aliphatic heterocycles. The third-order valence-electron chi connectivity index (χ3n) is 5.44. The minimum Gasteiger partial charge on any atom is -0.468 e. The largest absolute Gasteiger partial charge is 0.468 e. The van der Waals surface area contributed by atoms with Crippen molar-refractivity contribution in [2.24, 2.45) is 0 Å². The predicted molar refractivity (Wildman–Crippen MR) is 134 cm³/mol. The van der Waals surface area contributed by atoms with Gasteiger partial charge in [0.05, 0.1) is 23.4 Å². The molecular formula is C25H25N3O4S2. The number of amides is 1. The number of sulfonamides is 1. The van der Waals surface area contributed by atoms with Crippen molar-refractivity contribution in [2.45, 2.75) is 32.2 Å². The van der Waals surface area contributed by atoms with Gasteiger partial charge < -0.3 is 4.42 Å². The Kier molecular flexibility index (Phi) is 6.70. The van der Waals surface area contributed by atoms with Gasteiger partial charge in [-0.25, -0.2) is 13.4 Å². The maximum Gasteiger partial charge on any atom is 0.257 e. The lowest BCUT2D eigenvalue weighted by molar-refractivity contribution is 0.102. The number of hydrogen-bond donors (Lipinski definition) is 1. The van der Waals surface area contributed by atoms with Crippen LogP contribution in [0.3, 0.4) is 0 Å². The lowest BCUT2D eigenvalue weighted by Crippen LogP contribution is -2.26. The van der Waals surface area contributed by atoms with Gasteiger partial charge in [0.15, 0.2) is 5.13 Å². The lowest BCUT2D eigenvalue weighted by Gasteiger charge is -2.16. The van der Waals surface area contributed by atoms with Crippen molar-refractivity contribution < 1.29 is 17.6 Å². The van der Waals surface area contributed by atoms with Crippen molar-refractivity contribution in [2.75, 3.05) is 12.4 Å². The highest BCUT2D eigenvalue weighted by molar-refractivity contribution is 7.89. The molecule has 34 heavy (non-hydrogen) atoms. The van der Waals surface area contributed by atoms with Crippen LogP contribution in [-0.2, 0) is 16.6 Å². The van der Waals surface area contributed by atoms with E-state index in [9.17, 15) is 13.2 Å². The smallest absolute Gasteiger partial charge is 0.257 e. The SMILES string of the molecule is Cc1cc(C)c(-c2csc(NC(=O)c3ccc(S(=O)(=O)N(C)Cc4ccco4)cc3)n2)c(C)c1. The van der Waals surface area contributed by atoms with E-state index in [1.807, 2.05) is 5.38 Å². The maximum absolute atomic E-state index is 12.8. The number of thiazole rings is 1. The average molecular weight is 496 g/mol. The predicted octanol–water partition coefficient (Wildman–Crippen LogP) is 5.40. The molecule has 9 heteroatoms. The Morgan fingerprint density at radius 2 is 1.76 bits per heavy atom. The summed E-state index contributed by atoms with van der Waals surface area (Å²) in [4.78, 5) is 17.4. The molecule has 0 unspecified atom stereocenters. The molecule has 2 aromatic heterocycles. The first-order valence-corrected chi connectivity index (χ1v) is 12.9. The summed E-state index contributed by atoms with van der Waals surface area (Å²) in [7, 11) is -2.24. The number of furan rings is 1. The van der Waals surface area contributed by atoms with Crippen molar-refractivity contribution in [3.8, 4) is 11.3 Å². The first kappa shape index (κ1) is 23.9. The molecule has 7 nitrogen and oxygen atoms in total. The second-order valence-electron chi connectivity index (χ2n) is 8.13. The first-order chi connectivity index (χ1) is 16.1. The summed E-state index contributed by atoms with van der Waals surface area (Å²) in [5, 5.41) is 5.21. The van der Waals surface area contributed by atoms with E-state index in [2.05, 4.69) is 43.2 Å². The van der Waals surface area contributed by atoms with Crippen LogP contribution >= 0.6 is 11.3 Å². The van der Waals surface area contributed by atoms with Crippen molar-refractivity contribution >= 4 is 32.4 Å². The Morgan fingerprint density at radius 3 is 2.38 bits per heavy atom. The van der Waals surface area contributed by atoms with E-state index in [0.717, 1.165) is 22.4 Å². The molecule has 0 saturated heterocycles. The van der Waals surface area contributed by atoms with Gasteiger partial charge in [-0.2, -0.15) is 4.31 Å². The molecule has 0 bridgehead atoms. The number of nitrogens with one attached hydrogen (secondary N) is 1. The number of anilines is 1. The molecule has 0 spiro atoms. The number of benzene rings is 2. The third kappa shape index (κ3) is 4.96. The number of aryl methyl sites for hydroxylation is 3. The molecule has 0 fully saturated rings. The summed E-state index contributed by atoms with van der Waals surface area (Å²) in [6.45, 7) is 6.27. The van der Waals surface area contributed by atoms with E-state index >= 15 is 0 Å². The zero-order valence-electron chi connectivity index (χ0n) is 19.3. The summed E-state index contributed by atoms with van der Waals surface area (Å²) in [6.07, 6.45) is 1.50. The van der Waals surface area contributed by atoms with Gasteiger partial charge >= 0.3 is 0 Å². The standard InChI is InChI=1S/C25H25N3O4S2/c1-16-12-17(2)23(18(3)13-16)22-15-33-25(26-22)27-24(29)19-7-9-21(10-8-19)34(30,31)28(4)14-20-6-5-11-32-20/h5-13,15H,14H2,1-4H3,(H,26,27,29). The molecule has 0 radical (unpaired) electrons. The summed E-state index contributed by atoms with van der Waals surface area (Å²) in [6, 6.07) is 13.5. The molecule has 0 aliphatic rings. The van der Waals surface area contributed by atoms with Crippen LogP contribution < -0.4 is 5.32 Å². The van der Waals surface area contributed by atoms with E-state index in [1.165, 1.54) is 58.8 Å². The number of hydrogen-bond acceptors (Lipinski definition) is 6. The van der Waals surface area contributed by atoms with Crippen LogP contribution in [0.2, 0.25) is 0 Å². The number of carbonyl (C=O) groups is 1. The zero-order valence-corrected chi connectivity index (χ0v) is 21.0. The summed E-state index contributed by atoms with van der Waals surface area (Å²) >= 11 is 1.35. The fourth-order valence-corrected chi connectivity index (χ4v) is 5.70. The average Bonchev–Trinajstić information content (AvgIpc) is 3.45. The second-order valence-corrected chi connectivity index (χ2v) is 11.0. The molecule has 4 rings (SSSR count). The zero-order chi connectivity index (χ0) is 24.5. The van der Waals surface area contributed by atoms with E-state index in [-0.39, 0.29) is 17.3 Å². The monoisotopic (exact) mass is 495 g/mol. The fraction of sp³-hybridized carbons (Fsp3) is 0.200. The maximum atomic E-state index is 12.8. The Labute approximate surface area is 203 Å². The van der Waals surface area contributed by atoms with Crippen molar-refractivity contribution in [1.82, 2.24) is 9.29 Å². The van der Waals surface area contributed by atoms with E-state index in [4.69, 9.17) is 4.42 Å². The van der Waals surface area contributed by atoms with Crippen LogP contribution in [0, 0.1) is 20.8 Å². The summed E-state index contributed by atoms with van der Waals surface area (Å²) in [5.41, 5.74) is 5.68. The highest BCUT2D eigenvalue weighted by Crippen LogP contribution is 2.31. The van der Waals surface area contributed by atoms with E-state index in [1.54, 1.807) is 12.1 Å². The molecule has 0 saturated carbocycles. The molecule has 2 aromatic carbocycles. The number of aromatic nitrogens is 1. The highest BCUT2D eigenvalue weighted by atomic mass is 32.2. The molecule has 4 aromatic rings. The van der Waals surface area contributed by atoms with Crippen LogP contribution in [0.4, 0.5) is 5.13 Å². The molecule has 0 aliphatic carbocycles. The van der Waals surface area contributed by atoms with Crippen LogP contribution in [-0.4, -0.2) is 30.7 Å². The van der Waals surface area contributed by atoms with Crippen molar-refractivity contribution in [1.29, 1.82) is 0 Å². The van der Waals surface area contributed by atoms with Gasteiger partial charge in [-0.15, -0.1) is 11.3 Å². The highest BCUT2D eigenvalue weighted by Gasteiger charge is 2.22. The summed E-state index contributed by atoms with van der Waals surface area (Å²) in [5.74, 6) is 0.187. The fourth-order valence-electron chi connectivity index (χ4n) is 3.86. The van der Waals surface area contributed by atoms with Crippen LogP contribution in [0.25, 0.3) is 11.3 Å². The molecule has 176 valence electrons.